The van der Waals surface area contributed by atoms with E-state index in [0.717, 1.165) is 17.7 Å². The van der Waals surface area contributed by atoms with E-state index in [-0.39, 0.29) is 24.3 Å². The van der Waals surface area contributed by atoms with Crippen LogP contribution in [0.4, 0.5) is 0 Å². The van der Waals surface area contributed by atoms with Gasteiger partial charge < -0.3 is 14.5 Å². The minimum absolute atomic E-state index is 0.00444. The second-order valence-electron chi connectivity index (χ2n) is 6.38. The number of ether oxygens (including phenoxy) is 1. The zero-order valence-corrected chi connectivity index (χ0v) is 15.3. The molecule has 0 bridgehead atoms. The van der Waals surface area contributed by atoms with E-state index in [2.05, 4.69) is 12.5 Å². The number of nitrogens with zero attached hydrogens (tertiary/aromatic N) is 2. The number of rotatable bonds is 8. The third-order valence-corrected chi connectivity index (χ3v) is 4.62. The summed E-state index contributed by atoms with van der Waals surface area (Å²) in [6, 6.07) is 7.81. The van der Waals surface area contributed by atoms with Crippen LogP contribution in [-0.4, -0.2) is 54.9 Å². The highest BCUT2D eigenvalue weighted by molar-refractivity contribution is 5.84. The van der Waals surface area contributed by atoms with E-state index < -0.39 is 0 Å². The van der Waals surface area contributed by atoms with Gasteiger partial charge in [0, 0.05) is 26.1 Å². The monoisotopic (exact) mass is 354 g/mol. The van der Waals surface area contributed by atoms with Crippen LogP contribution in [-0.2, 0) is 16.0 Å². The maximum absolute atomic E-state index is 12.7. The largest absolute Gasteiger partial charge is 0.497 e. The fourth-order valence-electron chi connectivity index (χ4n) is 3.15. The number of likely N-dealkylation sites (tertiary alicyclic amines) is 1. The van der Waals surface area contributed by atoms with Gasteiger partial charge in [-0.3, -0.25) is 9.59 Å². The van der Waals surface area contributed by atoms with E-state index in [0.29, 0.717) is 32.5 Å². The van der Waals surface area contributed by atoms with E-state index in [4.69, 9.17) is 11.2 Å². The second-order valence-corrected chi connectivity index (χ2v) is 6.38. The molecule has 0 N–H and O–H groups in total. The first kappa shape index (κ1) is 19.6. The first-order valence-electron chi connectivity index (χ1n) is 8.83. The topological polar surface area (TPSA) is 49.9 Å². The van der Waals surface area contributed by atoms with Crippen molar-refractivity contribution in [2.24, 2.45) is 5.92 Å². The fraction of sp³-hybridized carbons (Fsp3) is 0.429. The van der Waals surface area contributed by atoms with E-state index in [1.165, 1.54) is 0 Å². The number of hydrogen-bond acceptors (Lipinski definition) is 3. The summed E-state index contributed by atoms with van der Waals surface area (Å²) in [5, 5.41) is 0. The molecule has 1 aliphatic heterocycles. The predicted molar refractivity (Wildman–Crippen MR) is 102 cm³/mol. The molecule has 0 aliphatic carbocycles. The van der Waals surface area contributed by atoms with E-state index in [9.17, 15) is 9.59 Å². The third kappa shape index (κ3) is 5.13. The Hall–Kier alpha value is -2.74. The van der Waals surface area contributed by atoms with Gasteiger partial charge in [-0.15, -0.1) is 13.0 Å². The highest BCUT2D eigenvalue weighted by atomic mass is 16.5. The lowest BCUT2D eigenvalue weighted by Crippen LogP contribution is -2.47. The molecule has 1 aliphatic rings. The van der Waals surface area contributed by atoms with Gasteiger partial charge in [0.2, 0.25) is 11.8 Å². The van der Waals surface area contributed by atoms with E-state index in [1.807, 2.05) is 24.3 Å². The van der Waals surface area contributed by atoms with Crippen molar-refractivity contribution in [3.8, 4) is 18.1 Å². The lowest BCUT2D eigenvalue weighted by atomic mass is 9.95. The molecule has 1 fully saturated rings. The number of amides is 2. The number of carbonyl (C=O) groups is 2. The van der Waals surface area contributed by atoms with Gasteiger partial charge in [0.25, 0.3) is 0 Å². The Balaban J connectivity index is 1.95. The lowest BCUT2D eigenvalue weighted by molar-refractivity contribution is -0.142. The Labute approximate surface area is 155 Å². The number of methoxy groups -OCH3 is 1. The third-order valence-electron chi connectivity index (χ3n) is 4.62. The van der Waals surface area contributed by atoms with Gasteiger partial charge in [-0.25, -0.2) is 0 Å². The van der Waals surface area contributed by atoms with Crippen LogP contribution >= 0.6 is 0 Å². The van der Waals surface area contributed by atoms with Crippen molar-refractivity contribution in [1.82, 2.24) is 9.80 Å². The number of piperidine rings is 1. The Bertz CT molecular complexity index is 675. The van der Waals surface area contributed by atoms with Crippen molar-refractivity contribution >= 4 is 11.8 Å². The summed E-state index contributed by atoms with van der Waals surface area (Å²) in [6.07, 6.45) is 8.75. The first-order valence-corrected chi connectivity index (χ1v) is 8.83. The lowest BCUT2D eigenvalue weighted by Gasteiger charge is -2.34. The summed E-state index contributed by atoms with van der Waals surface area (Å²) < 4.78 is 5.16. The Kier molecular flexibility index (Phi) is 7.28. The average molecular weight is 354 g/mol. The van der Waals surface area contributed by atoms with E-state index >= 15 is 0 Å². The molecule has 138 valence electrons. The van der Waals surface area contributed by atoms with Crippen LogP contribution in [0.3, 0.4) is 0 Å². The number of carbonyl (C=O) groups excluding carboxylic acids is 2. The molecule has 2 amide bonds. The van der Waals surface area contributed by atoms with Crippen molar-refractivity contribution < 1.29 is 14.3 Å². The van der Waals surface area contributed by atoms with Gasteiger partial charge in [-0.05, 0) is 30.5 Å². The molecule has 5 heteroatoms. The predicted octanol–water partition coefficient (Wildman–Crippen LogP) is 2.12. The summed E-state index contributed by atoms with van der Waals surface area (Å²) in [6.45, 7) is 5.42. The molecule has 1 saturated heterocycles. The minimum atomic E-state index is -0.197. The molecule has 5 nitrogen and oxygen atoms in total. The van der Waals surface area contributed by atoms with Gasteiger partial charge in [-0.1, -0.05) is 24.1 Å². The second kappa shape index (κ2) is 9.67. The molecule has 1 aromatic rings. The van der Waals surface area contributed by atoms with Crippen LogP contribution in [0.1, 0.15) is 18.4 Å². The maximum atomic E-state index is 12.7. The number of terminal acetylenes is 1. The number of benzene rings is 1. The highest BCUT2D eigenvalue weighted by Gasteiger charge is 2.32. The van der Waals surface area contributed by atoms with Crippen LogP contribution in [0.25, 0.3) is 0 Å². The molecule has 1 heterocycles. The summed E-state index contributed by atoms with van der Waals surface area (Å²) in [5.41, 5.74) is 1.13. The smallest absolute Gasteiger partial charge is 0.228 e. The summed E-state index contributed by atoms with van der Waals surface area (Å²) in [5.74, 6) is 3.24. The molecule has 1 unspecified atom stereocenters. The Morgan fingerprint density at radius 3 is 2.81 bits per heavy atom. The van der Waals surface area contributed by atoms with Crippen molar-refractivity contribution in [2.75, 3.05) is 33.3 Å². The van der Waals surface area contributed by atoms with Gasteiger partial charge in [0.05, 0.1) is 19.6 Å². The zero-order valence-electron chi connectivity index (χ0n) is 15.3. The standard InChI is InChI=1S/C21H26N2O3/c1-4-13-22(14-5-2)21(25)18-8-11-20(24)23(16-18)15-12-17-6-9-19(26-3)10-7-17/h1,5-7,9-10,18H,2,8,11-16H2,3H3. The molecule has 1 atom stereocenters. The first-order chi connectivity index (χ1) is 12.6. The van der Waals surface area contributed by atoms with Crippen LogP contribution in [0.2, 0.25) is 0 Å². The quantitative estimate of drug-likeness (QED) is 0.531. The molecule has 0 spiro atoms. The molecule has 0 aromatic heterocycles. The Morgan fingerprint density at radius 1 is 1.46 bits per heavy atom. The van der Waals surface area contributed by atoms with Crippen LogP contribution in [0.15, 0.2) is 36.9 Å². The number of hydrogen-bond donors (Lipinski definition) is 0. The zero-order chi connectivity index (χ0) is 18.9. The van der Waals surface area contributed by atoms with Crippen LogP contribution in [0.5, 0.6) is 5.75 Å². The normalized spacial score (nSPS) is 16.7. The molecule has 0 saturated carbocycles. The fourth-order valence-corrected chi connectivity index (χ4v) is 3.15. The van der Waals surface area contributed by atoms with Gasteiger partial charge in [-0.2, -0.15) is 0 Å². The molecule has 1 aromatic carbocycles. The molecule has 26 heavy (non-hydrogen) atoms. The molecule has 0 radical (unpaired) electrons. The van der Waals surface area contributed by atoms with Gasteiger partial charge >= 0.3 is 0 Å². The van der Waals surface area contributed by atoms with E-state index in [1.54, 1.807) is 23.0 Å². The summed E-state index contributed by atoms with van der Waals surface area (Å²) >= 11 is 0. The SMILES string of the molecule is C#CCN(CC=C)C(=O)C1CCC(=O)N(CCc2ccc(OC)cc2)C1. The van der Waals surface area contributed by atoms with Crippen molar-refractivity contribution in [3.63, 3.8) is 0 Å². The Morgan fingerprint density at radius 2 is 2.19 bits per heavy atom. The molecular weight excluding hydrogens is 328 g/mol. The van der Waals surface area contributed by atoms with Crippen molar-refractivity contribution in [1.29, 1.82) is 0 Å². The molecule has 2 rings (SSSR count). The van der Waals surface area contributed by atoms with Crippen LogP contribution < -0.4 is 4.74 Å². The maximum Gasteiger partial charge on any atom is 0.228 e. The van der Waals surface area contributed by atoms with Crippen molar-refractivity contribution in [3.05, 3.63) is 42.5 Å². The van der Waals surface area contributed by atoms with Gasteiger partial charge in [0.1, 0.15) is 5.75 Å². The highest BCUT2D eigenvalue weighted by Crippen LogP contribution is 2.21. The summed E-state index contributed by atoms with van der Waals surface area (Å²) in [4.78, 5) is 28.4. The molecular formula is C21H26N2O3. The van der Waals surface area contributed by atoms with Crippen LogP contribution in [0, 0.1) is 18.3 Å². The van der Waals surface area contributed by atoms with Gasteiger partial charge in [0.15, 0.2) is 0 Å². The minimum Gasteiger partial charge on any atom is -0.497 e. The van der Waals surface area contributed by atoms with Crippen molar-refractivity contribution in [2.45, 2.75) is 19.3 Å². The average Bonchev–Trinajstić information content (AvgIpc) is 2.67. The summed E-state index contributed by atoms with van der Waals surface area (Å²) in [7, 11) is 1.63.